The van der Waals surface area contributed by atoms with Crippen LogP contribution in [0.5, 0.6) is 5.75 Å². The number of halogens is 2. The third-order valence-electron chi connectivity index (χ3n) is 1.68. The first-order valence-corrected chi connectivity index (χ1v) is 4.98. The molecule has 4 heteroatoms. The highest BCUT2D eigenvalue weighted by Gasteiger charge is 2.14. The van der Waals surface area contributed by atoms with E-state index in [1.165, 1.54) is 19.1 Å². The molecule has 1 rings (SSSR count). The Morgan fingerprint density at radius 2 is 2.21 bits per heavy atom. The van der Waals surface area contributed by atoms with Crippen LogP contribution in [0.3, 0.4) is 0 Å². The Balaban J connectivity index is 3.24. The van der Waals surface area contributed by atoms with Gasteiger partial charge in [0.1, 0.15) is 0 Å². The van der Waals surface area contributed by atoms with E-state index in [0.29, 0.717) is 11.1 Å². The van der Waals surface area contributed by atoms with Crippen molar-refractivity contribution in [1.29, 1.82) is 0 Å². The Morgan fingerprint density at radius 1 is 1.57 bits per heavy atom. The lowest BCUT2D eigenvalue weighted by Gasteiger charge is -2.07. The van der Waals surface area contributed by atoms with Crippen molar-refractivity contribution >= 4 is 21.7 Å². The van der Waals surface area contributed by atoms with E-state index in [9.17, 15) is 9.18 Å². The van der Waals surface area contributed by atoms with E-state index in [1.54, 1.807) is 6.92 Å². The van der Waals surface area contributed by atoms with Crippen LogP contribution >= 0.6 is 15.9 Å². The van der Waals surface area contributed by atoms with Gasteiger partial charge in [-0.1, -0.05) is 15.9 Å². The number of Topliss-reactive ketones (excluding diaryl/α,β-unsaturated/α-hetero) is 1. The number of carbonyl (C=O) groups is 1. The molecule has 0 fully saturated rings. The van der Waals surface area contributed by atoms with Gasteiger partial charge in [0, 0.05) is 4.47 Å². The Kier molecular flexibility index (Phi) is 3.63. The van der Waals surface area contributed by atoms with Crippen LogP contribution in [0.2, 0.25) is 0 Å². The zero-order valence-electron chi connectivity index (χ0n) is 7.93. The molecule has 0 spiro atoms. The maximum Gasteiger partial charge on any atom is 0.175 e. The molecule has 14 heavy (non-hydrogen) atoms. The Morgan fingerprint density at radius 3 is 2.71 bits per heavy atom. The summed E-state index contributed by atoms with van der Waals surface area (Å²) in [6, 6.07) is 2.95. The monoisotopic (exact) mass is 260 g/mol. The van der Waals surface area contributed by atoms with E-state index >= 15 is 0 Å². The van der Waals surface area contributed by atoms with Gasteiger partial charge in [0.05, 0.1) is 12.2 Å². The van der Waals surface area contributed by atoms with E-state index in [-0.39, 0.29) is 17.1 Å². The molecule has 0 radical (unpaired) electrons. The standard InChI is InChI=1S/C10H10BrFO2/c1-3-14-9-5-7(11)4-8(6(2)13)10(9)12/h4-5H,3H2,1-2H3. The largest absolute Gasteiger partial charge is 0.491 e. The summed E-state index contributed by atoms with van der Waals surface area (Å²) in [5, 5.41) is 0. The topological polar surface area (TPSA) is 26.3 Å². The second-order valence-corrected chi connectivity index (χ2v) is 3.67. The van der Waals surface area contributed by atoms with Crippen LogP contribution in [0, 0.1) is 5.82 Å². The highest BCUT2D eigenvalue weighted by Crippen LogP contribution is 2.26. The van der Waals surface area contributed by atoms with Crippen LogP contribution in [0.4, 0.5) is 4.39 Å². The van der Waals surface area contributed by atoms with Crippen molar-refractivity contribution in [1.82, 2.24) is 0 Å². The fourth-order valence-corrected chi connectivity index (χ4v) is 1.52. The van der Waals surface area contributed by atoms with E-state index < -0.39 is 5.82 Å². The molecule has 76 valence electrons. The lowest BCUT2D eigenvalue weighted by Crippen LogP contribution is -2.02. The predicted molar refractivity (Wildman–Crippen MR) is 55.3 cm³/mol. The summed E-state index contributed by atoms with van der Waals surface area (Å²) in [7, 11) is 0. The lowest BCUT2D eigenvalue weighted by molar-refractivity contribution is 0.101. The highest BCUT2D eigenvalue weighted by molar-refractivity contribution is 9.10. The van der Waals surface area contributed by atoms with E-state index in [4.69, 9.17) is 4.74 Å². The van der Waals surface area contributed by atoms with Crippen LogP contribution in [0.1, 0.15) is 24.2 Å². The molecule has 0 heterocycles. The van der Waals surface area contributed by atoms with Crippen molar-refractivity contribution in [2.24, 2.45) is 0 Å². The molecule has 0 saturated carbocycles. The SMILES string of the molecule is CCOc1cc(Br)cc(C(C)=O)c1F. The van der Waals surface area contributed by atoms with Gasteiger partial charge in [0.15, 0.2) is 17.3 Å². The fraction of sp³-hybridized carbons (Fsp3) is 0.300. The normalized spacial score (nSPS) is 10.0. The van der Waals surface area contributed by atoms with E-state index in [1.807, 2.05) is 0 Å². The Labute approximate surface area is 90.2 Å². The maximum absolute atomic E-state index is 13.5. The van der Waals surface area contributed by atoms with Gasteiger partial charge >= 0.3 is 0 Å². The smallest absolute Gasteiger partial charge is 0.175 e. The number of ketones is 1. The third-order valence-corrected chi connectivity index (χ3v) is 2.14. The van der Waals surface area contributed by atoms with Crippen LogP contribution in [0.15, 0.2) is 16.6 Å². The first-order chi connectivity index (χ1) is 6.56. The predicted octanol–water partition coefficient (Wildman–Crippen LogP) is 3.19. The van der Waals surface area contributed by atoms with Crippen LogP contribution in [-0.2, 0) is 0 Å². The van der Waals surface area contributed by atoms with Gasteiger partial charge in [-0.25, -0.2) is 4.39 Å². The van der Waals surface area contributed by atoms with Crippen LogP contribution in [-0.4, -0.2) is 12.4 Å². The average molecular weight is 261 g/mol. The summed E-state index contributed by atoms with van der Waals surface area (Å²) in [6.45, 7) is 3.44. The summed E-state index contributed by atoms with van der Waals surface area (Å²) in [6.07, 6.45) is 0. The molecule has 0 aliphatic rings. The second kappa shape index (κ2) is 4.55. The molecule has 1 aromatic rings. The zero-order chi connectivity index (χ0) is 10.7. The van der Waals surface area contributed by atoms with Gasteiger partial charge in [-0.05, 0) is 26.0 Å². The minimum Gasteiger partial charge on any atom is -0.491 e. The molecular formula is C10H10BrFO2. The summed E-state index contributed by atoms with van der Waals surface area (Å²) in [5.41, 5.74) is 0.0443. The first-order valence-electron chi connectivity index (χ1n) is 4.19. The van der Waals surface area contributed by atoms with Crippen LogP contribution in [0.25, 0.3) is 0 Å². The van der Waals surface area contributed by atoms with Crippen molar-refractivity contribution in [3.05, 3.63) is 28.0 Å². The Bertz CT molecular complexity index is 363. The quantitative estimate of drug-likeness (QED) is 0.781. The summed E-state index contributed by atoms with van der Waals surface area (Å²) in [4.78, 5) is 11.1. The molecule has 0 aromatic heterocycles. The molecular weight excluding hydrogens is 251 g/mol. The molecule has 2 nitrogen and oxygen atoms in total. The molecule has 0 aliphatic carbocycles. The molecule has 0 unspecified atom stereocenters. The highest BCUT2D eigenvalue weighted by atomic mass is 79.9. The molecule has 0 N–H and O–H groups in total. The van der Waals surface area contributed by atoms with E-state index in [2.05, 4.69) is 15.9 Å². The van der Waals surface area contributed by atoms with Crippen molar-refractivity contribution in [3.63, 3.8) is 0 Å². The number of hydrogen-bond acceptors (Lipinski definition) is 2. The van der Waals surface area contributed by atoms with Gasteiger partial charge in [-0.15, -0.1) is 0 Å². The molecule has 0 atom stereocenters. The summed E-state index contributed by atoms with van der Waals surface area (Å²) in [5.74, 6) is -0.806. The van der Waals surface area contributed by atoms with Crippen molar-refractivity contribution in [3.8, 4) is 5.75 Å². The summed E-state index contributed by atoms with van der Waals surface area (Å²) < 4.78 is 19.2. The minimum atomic E-state index is -0.595. The van der Waals surface area contributed by atoms with E-state index in [0.717, 1.165) is 0 Å². The molecule has 0 saturated heterocycles. The fourth-order valence-electron chi connectivity index (χ4n) is 1.08. The maximum atomic E-state index is 13.5. The number of hydrogen-bond donors (Lipinski definition) is 0. The number of carbonyl (C=O) groups excluding carboxylic acids is 1. The van der Waals surface area contributed by atoms with Crippen molar-refractivity contribution < 1.29 is 13.9 Å². The molecule has 1 aromatic carbocycles. The van der Waals surface area contributed by atoms with Crippen molar-refractivity contribution in [2.45, 2.75) is 13.8 Å². The van der Waals surface area contributed by atoms with Gasteiger partial charge in [0.2, 0.25) is 0 Å². The minimum absolute atomic E-state index is 0.0443. The first kappa shape index (κ1) is 11.2. The molecule has 0 aliphatic heterocycles. The average Bonchev–Trinajstić information content (AvgIpc) is 2.10. The zero-order valence-corrected chi connectivity index (χ0v) is 9.52. The number of ether oxygens (including phenoxy) is 1. The van der Waals surface area contributed by atoms with Crippen molar-refractivity contribution in [2.75, 3.05) is 6.61 Å². The Hall–Kier alpha value is -0.900. The molecule has 0 bridgehead atoms. The van der Waals surface area contributed by atoms with Crippen LogP contribution < -0.4 is 4.74 Å². The second-order valence-electron chi connectivity index (χ2n) is 2.75. The number of rotatable bonds is 3. The van der Waals surface area contributed by atoms with Gasteiger partial charge < -0.3 is 4.74 Å². The van der Waals surface area contributed by atoms with Gasteiger partial charge in [-0.3, -0.25) is 4.79 Å². The van der Waals surface area contributed by atoms with Gasteiger partial charge in [0.25, 0.3) is 0 Å². The lowest BCUT2D eigenvalue weighted by atomic mass is 10.1. The number of benzene rings is 1. The molecule has 0 amide bonds. The summed E-state index contributed by atoms with van der Waals surface area (Å²) >= 11 is 3.19. The third kappa shape index (κ3) is 2.32. The van der Waals surface area contributed by atoms with Gasteiger partial charge in [-0.2, -0.15) is 0 Å².